The first kappa shape index (κ1) is 12.9. The maximum absolute atomic E-state index is 13.2. The van der Waals surface area contributed by atoms with E-state index in [0.717, 1.165) is 27.9 Å². The van der Waals surface area contributed by atoms with Gasteiger partial charge in [-0.2, -0.15) is 0 Å². The lowest BCUT2D eigenvalue weighted by molar-refractivity contribution is 0.111. The Morgan fingerprint density at radius 1 is 1.35 bits per heavy atom. The molecule has 2 heterocycles. The van der Waals surface area contributed by atoms with Crippen molar-refractivity contribution in [1.82, 2.24) is 9.38 Å². The molecule has 3 rings (SSSR count). The summed E-state index contributed by atoms with van der Waals surface area (Å²) in [7, 11) is 0. The second-order valence-electron chi connectivity index (χ2n) is 4.45. The Bertz CT molecular complexity index is 807. The summed E-state index contributed by atoms with van der Waals surface area (Å²) in [5.74, 6) is -1.70. The minimum atomic E-state index is -0.852. The maximum atomic E-state index is 13.2. The van der Waals surface area contributed by atoms with Crippen LogP contribution >= 0.6 is 11.3 Å². The summed E-state index contributed by atoms with van der Waals surface area (Å²) in [6.45, 7) is 1.88. The highest BCUT2D eigenvalue weighted by Gasteiger charge is 2.14. The van der Waals surface area contributed by atoms with Crippen molar-refractivity contribution in [3.8, 4) is 0 Å². The van der Waals surface area contributed by atoms with Gasteiger partial charge in [-0.05, 0) is 24.6 Å². The van der Waals surface area contributed by atoms with E-state index in [-0.39, 0.29) is 0 Å². The fraction of sp³-hybridized carbons (Fsp3) is 0.143. The largest absolute Gasteiger partial charge is 0.296 e. The topological polar surface area (TPSA) is 34.4 Å². The van der Waals surface area contributed by atoms with Crippen LogP contribution in [-0.2, 0) is 6.42 Å². The Morgan fingerprint density at radius 3 is 2.85 bits per heavy atom. The summed E-state index contributed by atoms with van der Waals surface area (Å²) in [4.78, 5) is 16.8. The molecule has 2 aromatic heterocycles. The van der Waals surface area contributed by atoms with Gasteiger partial charge in [0.15, 0.2) is 22.9 Å². The van der Waals surface area contributed by atoms with Crippen LogP contribution in [-0.4, -0.2) is 15.7 Å². The summed E-state index contributed by atoms with van der Waals surface area (Å²) >= 11 is 1.44. The number of carbonyl (C=O) groups excluding carboxylic acids is 1. The number of thiazole rings is 1. The van der Waals surface area contributed by atoms with Gasteiger partial charge in [0.05, 0.1) is 6.20 Å². The van der Waals surface area contributed by atoms with Crippen molar-refractivity contribution in [1.29, 1.82) is 0 Å². The van der Waals surface area contributed by atoms with Crippen LogP contribution in [0.1, 0.15) is 26.6 Å². The molecule has 0 N–H and O–H groups in total. The molecule has 0 unspecified atom stereocenters. The van der Waals surface area contributed by atoms with Crippen LogP contribution in [0.3, 0.4) is 0 Å². The Balaban J connectivity index is 2.02. The summed E-state index contributed by atoms with van der Waals surface area (Å²) in [5.41, 5.74) is 2.07. The summed E-state index contributed by atoms with van der Waals surface area (Å²) in [6.07, 6.45) is 2.75. The highest BCUT2D eigenvalue weighted by molar-refractivity contribution is 7.17. The normalized spacial score (nSPS) is 11.2. The van der Waals surface area contributed by atoms with Crippen LogP contribution in [0.5, 0.6) is 0 Å². The molecule has 0 aliphatic rings. The highest BCUT2D eigenvalue weighted by Crippen LogP contribution is 2.26. The Kier molecular flexibility index (Phi) is 3.10. The predicted octanol–water partition coefficient (Wildman–Crippen LogP) is 3.39. The quantitative estimate of drug-likeness (QED) is 0.693. The standard InChI is InChI=1S/C14H10F2N2OS/c1-8-13(5-9-2-3-11(15)12(16)4-9)20-14-17-6-10(7-19)18(8)14/h2-4,6-7H,5H2,1H3. The number of aldehydes is 1. The Labute approximate surface area is 117 Å². The fourth-order valence-electron chi connectivity index (χ4n) is 2.15. The smallest absolute Gasteiger partial charge is 0.194 e. The van der Waals surface area contributed by atoms with E-state index in [9.17, 15) is 13.6 Å². The van der Waals surface area contributed by atoms with Crippen LogP contribution in [0.25, 0.3) is 4.96 Å². The molecular weight excluding hydrogens is 282 g/mol. The number of imidazole rings is 1. The molecule has 6 heteroatoms. The average molecular weight is 292 g/mol. The van der Waals surface area contributed by atoms with Gasteiger partial charge >= 0.3 is 0 Å². The zero-order valence-corrected chi connectivity index (χ0v) is 11.4. The third-order valence-corrected chi connectivity index (χ3v) is 4.34. The molecule has 102 valence electrons. The average Bonchev–Trinajstić information content (AvgIpc) is 2.96. The predicted molar refractivity (Wildman–Crippen MR) is 72.4 cm³/mol. The van der Waals surface area contributed by atoms with Gasteiger partial charge in [0.2, 0.25) is 0 Å². The van der Waals surface area contributed by atoms with Crippen molar-refractivity contribution in [2.75, 3.05) is 0 Å². The van der Waals surface area contributed by atoms with Crippen LogP contribution in [0.2, 0.25) is 0 Å². The zero-order valence-electron chi connectivity index (χ0n) is 10.6. The van der Waals surface area contributed by atoms with Gasteiger partial charge in [0.25, 0.3) is 0 Å². The van der Waals surface area contributed by atoms with E-state index in [0.29, 0.717) is 17.7 Å². The zero-order chi connectivity index (χ0) is 14.3. The van der Waals surface area contributed by atoms with Crippen LogP contribution in [0.15, 0.2) is 24.4 Å². The third kappa shape index (κ3) is 2.02. The van der Waals surface area contributed by atoms with Gasteiger partial charge in [0, 0.05) is 17.0 Å². The van der Waals surface area contributed by atoms with Gasteiger partial charge in [0.1, 0.15) is 5.69 Å². The highest BCUT2D eigenvalue weighted by atomic mass is 32.1. The van der Waals surface area contributed by atoms with Crippen molar-refractivity contribution in [2.45, 2.75) is 13.3 Å². The van der Waals surface area contributed by atoms with Gasteiger partial charge in [-0.15, -0.1) is 11.3 Å². The first-order valence-electron chi connectivity index (χ1n) is 5.95. The molecule has 0 amide bonds. The molecule has 0 radical (unpaired) electrons. The molecule has 0 aliphatic heterocycles. The van der Waals surface area contributed by atoms with E-state index < -0.39 is 11.6 Å². The van der Waals surface area contributed by atoms with E-state index in [2.05, 4.69) is 4.98 Å². The molecule has 0 saturated carbocycles. The molecule has 3 nitrogen and oxygen atoms in total. The molecule has 20 heavy (non-hydrogen) atoms. The number of aryl methyl sites for hydroxylation is 1. The van der Waals surface area contributed by atoms with Crippen molar-refractivity contribution in [3.05, 3.63) is 57.9 Å². The summed E-state index contributed by atoms with van der Waals surface area (Å²) < 4.78 is 27.9. The summed E-state index contributed by atoms with van der Waals surface area (Å²) in [5, 5.41) is 0. The van der Waals surface area contributed by atoms with Crippen LogP contribution < -0.4 is 0 Å². The lowest BCUT2D eigenvalue weighted by Crippen LogP contribution is -1.95. The molecule has 3 aromatic rings. The molecular formula is C14H10F2N2OS. The van der Waals surface area contributed by atoms with Gasteiger partial charge < -0.3 is 0 Å². The molecule has 0 aliphatic carbocycles. The number of hydrogen-bond acceptors (Lipinski definition) is 3. The van der Waals surface area contributed by atoms with Crippen molar-refractivity contribution in [2.24, 2.45) is 0 Å². The van der Waals surface area contributed by atoms with Crippen LogP contribution in [0.4, 0.5) is 8.78 Å². The maximum Gasteiger partial charge on any atom is 0.194 e. The van der Waals surface area contributed by atoms with E-state index in [4.69, 9.17) is 0 Å². The van der Waals surface area contributed by atoms with Crippen LogP contribution in [0, 0.1) is 18.6 Å². The number of hydrogen-bond donors (Lipinski definition) is 0. The van der Waals surface area contributed by atoms with E-state index in [1.54, 1.807) is 10.5 Å². The van der Waals surface area contributed by atoms with Crippen molar-refractivity contribution in [3.63, 3.8) is 0 Å². The lowest BCUT2D eigenvalue weighted by Gasteiger charge is -2.02. The van der Waals surface area contributed by atoms with E-state index in [1.807, 2.05) is 6.92 Å². The number of rotatable bonds is 3. The molecule has 0 bridgehead atoms. The number of aromatic nitrogens is 2. The number of benzene rings is 1. The van der Waals surface area contributed by atoms with Gasteiger partial charge in [-0.1, -0.05) is 6.07 Å². The number of carbonyl (C=O) groups is 1. The van der Waals surface area contributed by atoms with E-state index in [1.165, 1.54) is 23.6 Å². The monoisotopic (exact) mass is 292 g/mol. The fourth-order valence-corrected chi connectivity index (χ4v) is 3.28. The molecule has 0 saturated heterocycles. The molecule has 0 fully saturated rings. The van der Waals surface area contributed by atoms with E-state index >= 15 is 0 Å². The Hall–Kier alpha value is -2.08. The minimum absolute atomic E-state index is 0.482. The number of halogens is 2. The second kappa shape index (κ2) is 4.79. The molecule has 0 spiro atoms. The first-order valence-corrected chi connectivity index (χ1v) is 6.76. The number of fused-ring (bicyclic) bond motifs is 1. The SMILES string of the molecule is Cc1c(Cc2ccc(F)c(F)c2)sc2ncc(C=O)n12. The first-order chi connectivity index (χ1) is 9.60. The number of nitrogens with zero attached hydrogens (tertiary/aromatic N) is 2. The van der Waals surface area contributed by atoms with Crippen molar-refractivity contribution >= 4 is 22.6 Å². The summed E-state index contributed by atoms with van der Waals surface area (Å²) in [6, 6.07) is 3.87. The Morgan fingerprint density at radius 2 is 2.15 bits per heavy atom. The minimum Gasteiger partial charge on any atom is -0.296 e. The lowest BCUT2D eigenvalue weighted by atomic mass is 10.1. The van der Waals surface area contributed by atoms with Gasteiger partial charge in [-0.25, -0.2) is 13.8 Å². The second-order valence-corrected chi connectivity index (χ2v) is 5.52. The van der Waals surface area contributed by atoms with Gasteiger partial charge in [-0.3, -0.25) is 9.20 Å². The molecule has 1 aromatic carbocycles. The molecule has 0 atom stereocenters. The van der Waals surface area contributed by atoms with Crippen molar-refractivity contribution < 1.29 is 13.6 Å². The third-order valence-electron chi connectivity index (χ3n) is 3.18.